The molecular formula is C11H17N5. The summed E-state index contributed by atoms with van der Waals surface area (Å²) in [5.41, 5.74) is 14.0. The van der Waals surface area contributed by atoms with E-state index in [0.29, 0.717) is 17.6 Å². The molecule has 1 atom stereocenters. The van der Waals surface area contributed by atoms with E-state index in [2.05, 4.69) is 29.2 Å². The van der Waals surface area contributed by atoms with Crippen molar-refractivity contribution in [3.8, 4) is 0 Å². The lowest BCUT2D eigenvalue weighted by Gasteiger charge is -2.33. The van der Waals surface area contributed by atoms with Crippen LogP contribution < -0.4 is 16.3 Å². The molecule has 2 aliphatic rings. The maximum atomic E-state index is 5.53. The number of nitrogens with one attached hydrogen (secondary N) is 2. The molecule has 0 bridgehead atoms. The summed E-state index contributed by atoms with van der Waals surface area (Å²) >= 11 is 0. The summed E-state index contributed by atoms with van der Waals surface area (Å²) < 4.78 is 0. The molecule has 0 aromatic carbocycles. The number of allylic oxidation sites excluding steroid dienone is 1. The molecule has 16 heavy (non-hydrogen) atoms. The Morgan fingerprint density at radius 2 is 2.38 bits per heavy atom. The molecule has 86 valence electrons. The quantitative estimate of drug-likeness (QED) is 0.588. The molecule has 1 fully saturated rings. The van der Waals surface area contributed by atoms with Crippen LogP contribution in [0.3, 0.4) is 0 Å². The van der Waals surface area contributed by atoms with Crippen molar-refractivity contribution in [2.24, 2.45) is 10.8 Å². The molecule has 1 unspecified atom stereocenters. The van der Waals surface area contributed by atoms with Crippen LogP contribution in [0.4, 0.5) is 0 Å². The van der Waals surface area contributed by atoms with Gasteiger partial charge < -0.3 is 16.7 Å². The molecule has 1 aliphatic carbocycles. The average Bonchev–Trinajstić information content (AvgIpc) is 2.60. The van der Waals surface area contributed by atoms with Crippen molar-refractivity contribution >= 4 is 5.84 Å². The maximum absolute atomic E-state index is 5.53. The number of nitrogens with zero attached hydrogens (tertiary/aromatic N) is 2. The summed E-state index contributed by atoms with van der Waals surface area (Å²) in [4.78, 5) is 0. The molecule has 4 N–H and O–H groups in total. The lowest BCUT2D eigenvalue weighted by atomic mass is 9.94. The average molecular weight is 219 g/mol. The zero-order valence-corrected chi connectivity index (χ0v) is 9.24. The van der Waals surface area contributed by atoms with Gasteiger partial charge in [-0.3, -0.25) is 5.12 Å². The number of nitrogens with two attached hydrogens (primary N) is 1. The van der Waals surface area contributed by atoms with Gasteiger partial charge in [0.15, 0.2) is 5.84 Å². The first kappa shape index (κ1) is 10.9. The van der Waals surface area contributed by atoms with Crippen LogP contribution in [-0.2, 0) is 0 Å². The number of amidine groups is 1. The van der Waals surface area contributed by atoms with Crippen LogP contribution in [0.2, 0.25) is 0 Å². The molecule has 0 radical (unpaired) electrons. The van der Waals surface area contributed by atoms with Gasteiger partial charge in [-0.05, 0) is 12.5 Å². The highest BCUT2D eigenvalue weighted by Gasteiger charge is 2.27. The summed E-state index contributed by atoms with van der Waals surface area (Å²) in [6.07, 6.45) is 7.08. The molecule has 2 rings (SSSR count). The van der Waals surface area contributed by atoms with Gasteiger partial charge in [-0.2, -0.15) is 0 Å². The van der Waals surface area contributed by atoms with Crippen molar-refractivity contribution in [3.63, 3.8) is 0 Å². The Kier molecular flexibility index (Phi) is 3.07. The summed E-state index contributed by atoms with van der Waals surface area (Å²) in [5, 5.41) is 5.35. The zero-order chi connectivity index (χ0) is 11.5. The third-order valence-corrected chi connectivity index (χ3v) is 2.81. The highest BCUT2D eigenvalue weighted by molar-refractivity contribution is 6.01. The van der Waals surface area contributed by atoms with E-state index >= 15 is 0 Å². The van der Waals surface area contributed by atoms with Crippen molar-refractivity contribution in [1.29, 1.82) is 0 Å². The Hall–Kier alpha value is -1.59. The molecular weight excluding hydrogens is 202 g/mol. The second-order valence-electron chi connectivity index (χ2n) is 4.05. The second-order valence-corrected chi connectivity index (χ2v) is 4.05. The zero-order valence-electron chi connectivity index (χ0n) is 9.24. The van der Waals surface area contributed by atoms with Gasteiger partial charge in [0, 0.05) is 24.1 Å². The molecule has 1 aliphatic heterocycles. The first-order valence-corrected chi connectivity index (χ1v) is 5.42. The fourth-order valence-electron chi connectivity index (χ4n) is 1.68. The normalized spacial score (nSPS) is 25.6. The number of hydrogen-bond donors (Lipinski definition) is 3. The summed E-state index contributed by atoms with van der Waals surface area (Å²) in [7, 11) is 0. The Morgan fingerprint density at radius 3 is 2.88 bits per heavy atom. The van der Waals surface area contributed by atoms with E-state index in [9.17, 15) is 0 Å². The maximum Gasteiger partial charge on any atom is 0.175 e. The van der Waals surface area contributed by atoms with Crippen molar-refractivity contribution < 1.29 is 5.12 Å². The van der Waals surface area contributed by atoms with Gasteiger partial charge >= 0.3 is 0 Å². The van der Waals surface area contributed by atoms with Gasteiger partial charge in [0.05, 0.1) is 0 Å². The smallest absolute Gasteiger partial charge is 0.175 e. The van der Waals surface area contributed by atoms with E-state index in [0.717, 1.165) is 10.7 Å². The summed E-state index contributed by atoms with van der Waals surface area (Å²) in [6.45, 7) is 7.36. The van der Waals surface area contributed by atoms with Crippen LogP contribution in [0, 0.1) is 0 Å². The molecule has 0 aromatic heterocycles. The number of hydrogen-bond acceptors (Lipinski definition) is 3. The van der Waals surface area contributed by atoms with E-state index in [4.69, 9.17) is 5.73 Å². The van der Waals surface area contributed by atoms with Crippen LogP contribution in [0.1, 0.15) is 19.3 Å². The predicted molar refractivity (Wildman–Crippen MR) is 64.1 cm³/mol. The highest BCUT2D eigenvalue weighted by atomic mass is 15.9. The molecule has 0 spiro atoms. The van der Waals surface area contributed by atoms with Gasteiger partial charge in [-0.1, -0.05) is 24.3 Å². The predicted octanol–water partition coefficient (Wildman–Crippen LogP) is 0.129. The van der Waals surface area contributed by atoms with E-state index in [-0.39, 0.29) is 0 Å². The van der Waals surface area contributed by atoms with Gasteiger partial charge in [0.25, 0.3) is 0 Å². The lowest BCUT2D eigenvalue weighted by Crippen LogP contribution is -3.07. The molecule has 0 aromatic rings. The van der Waals surface area contributed by atoms with Gasteiger partial charge in [-0.25, -0.2) is 0 Å². The van der Waals surface area contributed by atoms with E-state index in [1.807, 2.05) is 0 Å². The number of rotatable bonds is 4. The van der Waals surface area contributed by atoms with Gasteiger partial charge in [0.1, 0.15) is 6.04 Å². The van der Waals surface area contributed by atoms with Crippen molar-refractivity contribution in [2.75, 3.05) is 0 Å². The molecule has 5 heteroatoms. The van der Waals surface area contributed by atoms with Crippen LogP contribution in [0.5, 0.6) is 0 Å². The standard InChI is InChI=1S/C11H17N5/c1-3-9(7-8(2)12)11-13-15-16(14-11)10-5-4-6-10/h3,7,10,16H,1-2,4-6,12H2,(H,13,14)/b9-7+. The monoisotopic (exact) mass is 219 g/mol. The third-order valence-electron chi connectivity index (χ3n) is 2.81. The van der Waals surface area contributed by atoms with Crippen molar-refractivity contribution in [1.82, 2.24) is 5.43 Å². The van der Waals surface area contributed by atoms with Crippen molar-refractivity contribution in [2.45, 2.75) is 25.3 Å². The summed E-state index contributed by atoms with van der Waals surface area (Å²) in [6, 6.07) is 0.525. The number of quaternary nitrogens is 1. The minimum absolute atomic E-state index is 0.483. The first-order valence-electron chi connectivity index (χ1n) is 5.42. The Labute approximate surface area is 95.3 Å². The van der Waals surface area contributed by atoms with Gasteiger partial charge in [0.2, 0.25) is 0 Å². The lowest BCUT2D eigenvalue weighted by molar-refractivity contribution is -0.900. The second kappa shape index (κ2) is 4.51. The van der Waals surface area contributed by atoms with Crippen LogP contribution in [-0.4, -0.2) is 11.9 Å². The molecule has 1 saturated carbocycles. The SMILES string of the molecule is C=C/C(=C\C(=C)N)C1=N[NH+](C2CCC2)[N-]N1. The van der Waals surface area contributed by atoms with E-state index in [1.165, 1.54) is 19.3 Å². The minimum Gasteiger partial charge on any atom is -0.417 e. The van der Waals surface area contributed by atoms with Crippen LogP contribution in [0.15, 0.2) is 41.7 Å². The van der Waals surface area contributed by atoms with Crippen LogP contribution >= 0.6 is 0 Å². The first-order chi connectivity index (χ1) is 7.70. The van der Waals surface area contributed by atoms with Gasteiger partial charge in [-0.15, -0.1) is 0 Å². The molecule has 0 saturated heterocycles. The largest absolute Gasteiger partial charge is 0.417 e. The third kappa shape index (κ3) is 2.15. The molecule has 5 nitrogen and oxygen atoms in total. The van der Waals surface area contributed by atoms with Crippen LogP contribution in [0.25, 0.3) is 5.53 Å². The highest BCUT2D eigenvalue weighted by Crippen LogP contribution is 2.16. The molecule has 0 amide bonds. The Balaban J connectivity index is 2.09. The van der Waals surface area contributed by atoms with Crippen molar-refractivity contribution in [3.05, 3.63) is 42.1 Å². The summed E-state index contributed by atoms with van der Waals surface area (Å²) in [5.74, 6) is 0.712. The fraction of sp³-hybridized carbons (Fsp3) is 0.364. The Bertz CT molecular complexity index is 365. The van der Waals surface area contributed by atoms with E-state index in [1.54, 1.807) is 12.2 Å². The minimum atomic E-state index is 0.483. The fourth-order valence-corrected chi connectivity index (χ4v) is 1.68. The topological polar surface area (TPSA) is 68.9 Å². The van der Waals surface area contributed by atoms with E-state index < -0.39 is 0 Å². The molecule has 1 heterocycles. The Morgan fingerprint density at radius 1 is 1.62 bits per heavy atom.